The molecule has 1 heterocycles. The van der Waals surface area contributed by atoms with Crippen LogP contribution in [0.4, 0.5) is 4.79 Å². The van der Waals surface area contributed by atoms with Gasteiger partial charge in [-0.15, -0.1) is 0 Å². The number of carbonyl (C=O) groups excluding carboxylic acids is 1. The number of amides is 1. The van der Waals surface area contributed by atoms with Crippen molar-refractivity contribution < 1.29 is 9.53 Å². The molecule has 1 fully saturated rings. The highest BCUT2D eigenvalue weighted by Crippen LogP contribution is 2.23. The van der Waals surface area contributed by atoms with E-state index in [9.17, 15) is 4.79 Å². The zero-order chi connectivity index (χ0) is 17.2. The van der Waals surface area contributed by atoms with E-state index in [0.29, 0.717) is 0 Å². The molecule has 0 saturated carbocycles. The van der Waals surface area contributed by atoms with Gasteiger partial charge in [0.15, 0.2) is 0 Å². The molecule has 5 heteroatoms. The first-order valence-corrected chi connectivity index (χ1v) is 8.91. The summed E-state index contributed by atoms with van der Waals surface area (Å²) in [6, 6.07) is 4.47. The van der Waals surface area contributed by atoms with Gasteiger partial charge in [-0.25, -0.2) is 4.79 Å². The highest BCUT2D eigenvalue weighted by Gasteiger charge is 2.25. The minimum Gasteiger partial charge on any atom is -0.444 e. The number of benzene rings is 1. The topological polar surface area (TPSA) is 32.8 Å². The summed E-state index contributed by atoms with van der Waals surface area (Å²) in [4.78, 5) is 16.3. The first-order chi connectivity index (χ1) is 10.7. The molecule has 23 heavy (non-hydrogen) atoms. The summed E-state index contributed by atoms with van der Waals surface area (Å²) >= 11 is 3.61. The highest BCUT2D eigenvalue weighted by atomic mass is 79.9. The summed E-state index contributed by atoms with van der Waals surface area (Å²) in [5.74, 6) is 0. The molecule has 0 aromatic heterocycles. The van der Waals surface area contributed by atoms with Gasteiger partial charge in [0.05, 0.1) is 0 Å². The fourth-order valence-electron chi connectivity index (χ4n) is 2.80. The van der Waals surface area contributed by atoms with Crippen molar-refractivity contribution >= 4 is 22.0 Å². The molecule has 1 aliphatic rings. The zero-order valence-corrected chi connectivity index (χ0v) is 16.4. The van der Waals surface area contributed by atoms with Crippen LogP contribution in [0, 0.1) is 13.8 Å². The maximum absolute atomic E-state index is 12.1. The number of rotatable bonds is 2. The Morgan fingerprint density at radius 1 is 1.13 bits per heavy atom. The third kappa shape index (κ3) is 5.21. The lowest BCUT2D eigenvalue weighted by atomic mass is 10.1. The Morgan fingerprint density at radius 2 is 1.65 bits per heavy atom. The lowest BCUT2D eigenvalue weighted by Crippen LogP contribution is -2.49. The Bertz CT molecular complexity index is 550. The summed E-state index contributed by atoms with van der Waals surface area (Å²) < 4.78 is 6.63. The molecule has 0 N–H and O–H groups in total. The fraction of sp³-hybridized carbons (Fsp3) is 0.611. The summed E-state index contributed by atoms with van der Waals surface area (Å²) in [5, 5.41) is 0. The average Bonchev–Trinajstić information content (AvgIpc) is 2.43. The molecule has 1 saturated heterocycles. The molecule has 0 bridgehead atoms. The number of carbonyl (C=O) groups is 1. The van der Waals surface area contributed by atoms with E-state index in [2.05, 4.69) is 46.8 Å². The van der Waals surface area contributed by atoms with Crippen molar-refractivity contribution in [2.24, 2.45) is 0 Å². The Morgan fingerprint density at radius 3 is 2.13 bits per heavy atom. The third-order valence-corrected chi connectivity index (χ3v) is 5.18. The van der Waals surface area contributed by atoms with Gasteiger partial charge in [-0.1, -0.05) is 28.1 Å². The van der Waals surface area contributed by atoms with Crippen LogP contribution in [0.2, 0.25) is 0 Å². The standard InChI is InChI=1S/C18H27BrN2O2/c1-13-10-15(11-14(2)16(13)19)12-20-6-8-21(9-7-20)17(22)23-18(3,4)5/h10-11H,6-9,12H2,1-5H3. The fourth-order valence-corrected chi connectivity index (χ4v) is 3.03. The maximum atomic E-state index is 12.1. The molecule has 1 aromatic rings. The first kappa shape index (κ1) is 18.3. The Labute approximate surface area is 147 Å². The van der Waals surface area contributed by atoms with Gasteiger partial charge in [-0.05, 0) is 51.3 Å². The number of piperazine rings is 1. The maximum Gasteiger partial charge on any atom is 0.410 e. The predicted octanol–water partition coefficient (Wildman–Crippen LogP) is 4.12. The third-order valence-electron chi connectivity index (χ3n) is 3.93. The van der Waals surface area contributed by atoms with Crippen LogP contribution in [-0.2, 0) is 11.3 Å². The van der Waals surface area contributed by atoms with E-state index in [4.69, 9.17) is 4.74 Å². The summed E-state index contributed by atoms with van der Waals surface area (Å²) in [6.45, 7) is 14.1. The lowest BCUT2D eigenvalue weighted by Gasteiger charge is -2.35. The SMILES string of the molecule is Cc1cc(CN2CCN(C(=O)OC(C)(C)C)CC2)cc(C)c1Br. The molecule has 1 aliphatic heterocycles. The smallest absolute Gasteiger partial charge is 0.410 e. The van der Waals surface area contributed by atoms with E-state index in [1.165, 1.54) is 21.2 Å². The molecule has 0 unspecified atom stereocenters. The lowest BCUT2D eigenvalue weighted by molar-refractivity contribution is 0.0139. The van der Waals surface area contributed by atoms with Gasteiger partial charge in [0.2, 0.25) is 0 Å². The van der Waals surface area contributed by atoms with Crippen molar-refractivity contribution in [1.29, 1.82) is 0 Å². The van der Waals surface area contributed by atoms with Crippen LogP contribution < -0.4 is 0 Å². The van der Waals surface area contributed by atoms with Gasteiger partial charge < -0.3 is 9.64 Å². The molecule has 128 valence electrons. The normalized spacial score (nSPS) is 16.5. The monoisotopic (exact) mass is 382 g/mol. The minimum absolute atomic E-state index is 0.201. The molecule has 0 radical (unpaired) electrons. The van der Waals surface area contributed by atoms with Gasteiger partial charge in [-0.2, -0.15) is 0 Å². The van der Waals surface area contributed by atoms with Gasteiger partial charge >= 0.3 is 6.09 Å². The van der Waals surface area contributed by atoms with E-state index in [1.54, 1.807) is 4.90 Å². The molecule has 0 atom stereocenters. The van der Waals surface area contributed by atoms with E-state index >= 15 is 0 Å². The second-order valence-corrected chi connectivity index (χ2v) is 8.08. The van der Waals surface area contributed by atoms with Gasteiger partial charge in [0, 0.05) is 37.2 Å². The van der Waals surface area contributed by atoms with Crippen LogP contribution in [0.1, 0.15) is 37.5 Å². The number of hydrogen-bond donors (Lipinski definition) is 0. The van der Waals surface area contributed by atoms with Crippen molar-refractivity contribution in [2.45, 2.75) is 46.8 Å². The molecule has 1 amide bonds. The summed E-state index contributed by atoms with van der Waals surface area (Å²) in [7, 11) is 0. The van der Waals surface area contributed by atoms with Crippen molar-refractivity contribution in [3.63, 3.8) is 0 Å². The number of halogens is 1. The number of aryl methyl sites for hydroxylation is 2. The summed E-state index contributed by atoms with van der Waals surface area (Å²) in [5.41, 5.74) is 3.44. The van der Waals surface area contributed by atoms with Crippen LogP contribution in [0.25, 0.3) is 0 Å². The highest BCUT2D eigenvalue weighted by molar-refractivity contribution is 9.10. The summed E-state index contributed by atoms with van der Waals surface area (Å²) in [6.07, 6.45) is -0.201. The molecule has 1 aromatic carbocycles. The Hall–Kier alpha value is -1.07. The van der Waals surface area contributed by atoms with Crippen molar-refractivity contribution in [1.82, 2.24) is 9.80 Å². The van der Waals surface area contributed by atoms with E-state index in [-0.39, 0.29) is 6.09 Å². The van der Waals surface area contributed by atoms with E-state index in [0.717, 1.165) is 32.7 Å². The van der Waals surface area contributed by atoms with E-state index in [1.807, 2.05) is 20.8 Å². The molecular formula is C18H27BrN2O2. The number of hydrogen-bond acceptors (Lipinski definition) is 3. The molecule has 0 aliphatic carbocycles. The average molecular weight is 383 g/mol. The van der Waals surface area contributed by atoms with Gasteiger partial charge in [0.1, 0.15) is 5.60 Å². The van der Waals surface area contributed by atoms with Crippen LogP contribution in [0.3, 0.4) is 0 Å². The molecule has 2 rings (SSSR count). The quantitative estimate of drug-likeness (QED) is 0.770. The van der Waals surface area contributed by atoms with Crippen LogP contribution >= 0.6 is 15.9 Å². The number of nitrogens with zero attached hydrogens (tertiary/aromatic N) is 2. The zero-order valence-electron chi connectivity index (χ0n) is 14.8. The van der Waals surface area contributed by atoms with Gasteiger partial charge in [-0.3, -0.25) is 4.90 Å². The van der Waals surface area contributed by atoms with Crippen LogP contribution in [0.15, 0.2) is 16.6 Å². The Balaban J connectivity index is 1.89. The molecule has 0 spiro atoms. The predicted molar refractivity (Wildman–Crippen MR) is 96.7 cm³/mol. The van der Waals surface area contributed by atoms with Crippen molar-refractivity contribution in [2.75, 3.05) is 26.2 Å². The molecule has 4 nitrogen and oxygen atoms in total. The van der Waals surface area contributed by atoms with Crippen molar-refractivity contribution in [3.8, 4) is 0 Å². The second-order valence-electron chi connectivity index (χ2n) is 7.29. The molecular weight excluding hydrogens is 356 g/mol. The van der Waals surface area contributed by atoms with Crippen LogP contribution in [0.5, 0.6) is 0 Å². The number of ether oxygens (including phenoxy) is 1. The first-order valence-electron chi connectivity index (χ1n) is 8.11. The Kier molecular flexibility index (Phi) is 5.74. The largest absolute Gasteiger partial charge is 0.444 e. The minimum atomic E-state index is -0.430. The van der Waals surface area contributed by atoms with Gasteiger partial charge in [0.25, 0.3) is 0 Å². The van der Waals surface area contributed by atoms with Crippen LogP contribution in [-0.4, -0.2) is 47.7 Å². The van der Waals surface area contributed by atoms with E-state index < -0.39 is 5.60 Å². The second kappa shape index (κ2) is 7.22. The van der Waals surface area contributed by atoms with Crippen molar-refractivity contribution in [3.05, 3.63) is 33.3 Å².